The predicted molar refractivity (Wildman–Crippen MR) is 68.8 cm³/mol. The van der Waals surface area contributed by atoms with Crippen molar-refractivity contribution in [3.63, 3.8) is 0 Å². The van der Waals surface area contributed by atoms with Gasteiger partial charge in [-0.25, -0.2) is 0 Å². The molecule has 0 aromatic heterocycles. The Kier molecular flexibility index (Phi) is 3.71. The Hall–Kier alpha value is 0.540. The molecule has 0 unspecified atom stereocenters. The van der Waals surface area contributed by atoms with E-state index in [1.165, 1.54) is 19.3 Å². The van der Waals surface area contributed by atoms with Gasteiger partial charge in [0.25, 0.3) is 0 Å². The molecule has 0 radical (unpaired) electrons. The molecule has 0 bridgehead atoms. The van der Waals surface area contributed by atoms with E-state index >= 15 is 0 Å². The van der Waals surface area contributed by atoms with Crippen molar-refractivity contribution < 1.29 is 0 Å². The molecule has 0 aromatic rings. The summed E-state index contributed by atoms with van der Waals surface area (Å²) in [4.78, 5) is 2.46. The average molecular weight is 252 g/mol. The molecule has 1 aliphatic heterocycles. The third-order valence-corrected chi connectivity index (χ3v) is 3.71. The van der Waals surface area contributed by atoms with Crippen LogP contribution in [-0.4, -0.2) is 26.9 Å². The number of piperidine rings is 1. The molecule has 0 amide bonds. The molecule has 0 N–H and O–H groups in total. The topological polar surface area (TPSA) is 3.24 Å². The number of nitrogens with zero attached hydrogens (tertiary/aromatic N) is 1. The summed E-state index contributed by atoms with van der Waals surface area (Å²) >= 11 is 12.3. The Balaban J connectivity index is 2.87. The van der Waals surface area contributed by atoms with E-state index in [0.717, 1.165) is 6.54 Å². The molecule has 0 spiro atoms. The fraction of sp³-hybridized carbons (Fsp3) is 1.00. The Morgan fingerprint density at radius 1 is 1.07 bits per heavy atom. The fourth-order valence-electron chi connectivity index (χ4n) is 2.75. The van der Waals surface area contributed by atoms with Crippen LogP contribution in [0.4, 0.5) is 0 Å². The Bertz CT molecular complexity index is 212. The van der Waals surface area contributed by atoms with Crippen LogP contribution in [0.15, 0.2) is 0 Å². The minimum Gasteiger partial charge on any atom is -0.290 e. The minimum atomic E-state index is -0.661. The van der Waals surface area contributed by atoms with E-state index in [-0.39, 0.29) is 11.1 Å². The highest BCUT2D eigenvalue weighted by Gasteiger charge is 2.43. The molecule has 1 heterocycles. The summed E-state index contributed by atoms with van der Waals surface area (Å²) in [7, 11) is 0. The molecule has 15 heavy (non-hydrogen) atoms. The Labute approximate surface area is 104 Å². The Morgan fingerprint density at radius 2 is 1.47 bits per heavy atom. The highest BCUT2D eigenvalue weighted by Crippen LogP contribution is 2.40. The van der Waals surface area contributed by atoms with Gasteiger partial charge in [0.2, 0.25) is 0 Å². The number of likely N-dealkylation sites (tertiary alicyclic amines) is 1. The molecule has 0 aromatic carbocycles. The molecule has 0 aliphatic carbocycles. The van der Waals surface area contributed by atoms with Gasteiger partial charge in [-0.15, -0.1) is 23.2 Å². The first-order valence-corrected chi connectivity index (χ1v) is 6.46. The second kappa shape index (κ2) is 4.09. The van der Waals surface area contributed by atoms with E-state index in [1.807, 2.05) is 6.92 Å². The first-order valence-electron chi connectivity index (χ1n) is 5.70. The molecule has 3 heteroatoms. The van der Waals surface area contributed by atoms with Crippen molar-refractivity contribution in [2.24, 2.45) is 0 Å². The number of hydrogen-bond acceptors (Lipinski definition) is 1. The van der Waals surface area contributed by atoms with Crippen molar-refractivity contribution >= 4 is 23.2 Å². The van der Waals surface area contributed by atoms with Crippen LogP contribution in [0.5, 0.6) is 0 Å². The van der Waals surface area contributed by atoms with Crippen LogP contribution in [0.25, 0.3) is 0 Å². The summed E-state index contributed by atoms with van der Waals surface area (Å²) in [5, 5.41) is 0. The van der Waals surface area contributed by atoms with Crippen LogP contribution >= 0.6 is 23.2 Å². The fourth-order valence-corrected chi connectivity index (χ4v) is 2.99. The van der Waals surface area contributed by atoms with Crippen molar-refractivity contribution in [3.8, 4) is 0 Å². The lowest BCUT2D eigenvalue weighted by Crippen LogP contribution is -2.60. The zero-order chi connectivity index (χ0) is 11.9. The average Bonchev–Trinajstić information content (AvgIpc) is 1.95. The summed E-state index contributed by atoms with van der Waals surface area (Å²) in [6.45, 7) is 11.7. The monoisotopic (exact) mass is 251 g/mol. The maximum Gasteiger partial charge on any atom is 0.128 e. The third-order valence-electron chi connectivity index (χ3n) is 3.47. The molecular weight excluding hydrogens is 229 g/mol. The van der Waals surface area contributed by atoms with Gasteiger partial charge in [0.15, 0.2) is 0 Å². The van der Waals surface area contributed by atoms with Crippen LogP contribution in [-0.2, 0) is 0 Å². The maximum atomic E-state index is 6.14. The number of rotatable bonds is 2. The van der Waals surface area contributed by atoms with Gasteiger partial charge in [-0.2, -0.15) is 0 Å². The minimum absolute atomic E-state index is 0.201. The van der Waals surface area contributed by atoms with Crippen LogP contribution in [0, 0.1) is 0 Å². The van der Waals surface area contributed by atoms with Crippen LogP contribution in [0.3, 0.4) is 0 Å². The first-order chi connectivity index (χ1) is 6.55. The van der Waals surface area contributed by atoms with Gasteiger partial charge in [-0.3, -0.25) is 4.90 Å². The SMILES string of the molecule is CC(Cl)(Cl)CN1C(C)(C)CCCC1(C)C. The van der Waals surface area contributed by atoms with E-state index in [1.54, 1.807) is 0 Å². The van der Waals surface area contributed by atoms with E-state index in [9.17, 15) is 0 Å². The summed E-state index contributed by atoms with van der Waals surface area (Å²) in [5.74, 6) is 0. The van der Waals surface area contributed by atoms with Crippen LogP contribution < -0.4 is 0 Å². The molecule has 1 fully saturated rings. The molecule has 1 saturated heterocycles. The highest BCUT2D eigenvalue weighted by molar-refractivity contribution is 6.48. The van der Waals surface area contributed by atoms with Crippen molar-refractivity contribution in [2.75, 3.05) is 6.54 Å². The second-order valence-corrected chi connectivity index (χ2v) is 8.00. The quantitative estimate of drug-likeness (QED) is 0.665. The lowest BCUT2D eigenvalue weighted by Gasteiger charge is -2.54. The van der Waals surface area contributed by atoms with E-state index in [4.69, 9.17) is 23.2 Å². The molecule has 1 aliphatic rings. The summed E-state index contributed by atoms with van der Waals surface area (Å²) in [5.41, 5.74) is 0.402. The van der Waals surface area contributed by atoms with Crippen molar-refractivity contribution in [2.45, 2.75) is 69.3 Å². The van der Waals surface area contributed by atoms with Crippen molar-refractivity contribution in [1.82, 2.24) is 4.90 Å². The van der Waals surface area contributed by atoms with Crippen molar-refractivity contribution in [1.29, 1.82) is 0 Å². The molecule has 1 nitrogen and oxygen atoms in total. The van der Waals surface area contributed by atoms with E-state index in [0.29, 0.717) is 0 Å². The molecule has 1 rings (SSSR count). The largest absolute Gasteiger partial charge is 0.290 e. The van der Waals surface area contributed by atoms with Gasteiger partial charge in [-0.05, 0) is 53.9 Å². The van der Waals surface area contributed by atoms with Gasteiger partial charge in [0.1, 0.15) is 4.33 Å². The Morgan fingerprint density at radius 3 is 1.80 bits per heavy atom. The third kappa shape index (κ3) is 3.51. The van der Waals surface area contributed by atoms with Gasteiger partial charge >= 0.3 is 0 Å². The predicted octanol–water partition coefficient (Wildman–Crippen LogP) is 4.22. The van der Waals surface area contributed by atoms with Gasteiger partial charge in [0.05, 0.1) is 0 Å². The number of alkyl halides is 2. The zero-order valence-electron chi connectivity index (χ0n) is 10.5. The van der Waals surface area contributed by atoms with Gasteiger partial charge in [0, 0.05) is 17.6 Å². The first kappa shape index (κ1) is 13.6. The van der Waals surface area contributed by atoms with Crippen molar-refractivity contribution in [3.05, 3.63) is 0 Å². The summed E-state index contributed by atoms with van der Waals surface area (Å²) in [6.07, 6.45) is 3.73. The van der Waals surface area contributed by atoms with Gasteiger partial charge in [-0.1, -0.05) is 0 Å². The zero-order valence-corrected chi connectivity index (χ0v) is 12.0. The maximum absolute atomic E-state index is 6.14. The molecule has 90 valence electrons. The molecule has 0 saturated carbocycles. The summed E-state index contributed by atoms with van der Waals surface area (Å²) < 4.78 is -0.661. The molecular formula is C12H23Cl2N. The smallest absolute Gasteiger partial charge is 0.128 e. The molecule has 0 atom stereocenters. The van der Waals surface area contributed by atoms with Crippen LogP contribution in [0.2, 0.25) is 0 Å². The lowest BCUT2D eigenvalue weighted by molar-refractivity contribution is -0.0279. The number of hydrogen-bond donors (Lipinski definition) is 0. The second-order valence-electron chi connectivity index (χ2n) is 6.13. The van der Waals surface area contributed by atoms with E-state index in [2.05, 4.69) is 32.6 Å². The highest BCUT2D eigenvalue weighted by atomic mass is 35.5. The summed E-state index contributed by atoms with van der Waals surface area (Å²) in [6, 6.07) is 0. The lowest BCUT2D eigenvalue weighted by atomic mass is 9.79. The number of halogens is 2. The standard InChI is InChI=1S/C12H23Cl2N/c1-10(2)7-6-8-11(3,4)15(10)9-12(5,13)14/h6-9H2,1-5H3. The van der Waals surface area contributed by atoms with Crippen LogP contribution in [0.1, 0.15) is 53.9 Å². The normalized spacial score (nSPS) is 26.6. The van der Waals surface area contributed by atoms with Gasteiger partial charge < -0.3 is 0 Å². The van der Waals surface area contributed by atoms with E-state index < -0.39 is 4.33 Å².